The van der Waals surface area contributed by atoms with E-state index in [0.29, 0.717) is 0 Å². The molecule has 0 spiro atoms. The Hall–Kier alpha value is -2.27. The van der Waals surface area contributed by atoms with Gasteiger partial charge in [0.25, 0.3) is 6.10 Å². The van der Waals surface area contributed by atoms with Crippen LogP contribution in [0.3, 0.4) is 0 Å². The van der Waals surface area contributed by atoms with Crippen LogP contribution >= 0.6 is 0 Å². The number of nitrogens with zero attached hydrogens (tertiary/aromatic N) is 3. The van der Waals surface area contributed by atoms with Gasteiger partial charge in [-0.15, -0.1) is 0 Å². The molecule has 2 heterocycles. The van der Waals surface area contributed by atoms with Crippen LogP contribution in [0.4, 0.5) is 32.3 Å². The quantitative estimate of drug-likeness (QED) is 0.850. The Morgan fingerprint density at radius 2 is 1.76 bits per heavy atom. The van der Waals surface area contributed by atoms with Gasteiger partial charge in [0, 0.05) is 7.05 Å². The minimum Gasteiger partial charge on any atom is -0.454 e. The fraction of sp³-hybridized carbons (Fsp3) is 0.444. The second-order valence-corrected chi connectivity index (χ2v) is 3.82. The lowest BCUT2D eigenvalue weighted by molar-refractivity contribution is -0.300. The van der Waals surface area contributed by atoms with Gasteiger partial charge in [-0.1, -0.05) is 0 Å². The summed E-state index contributed by atoms with van der Waals surface area (Å²) in [6.45, 7) is 0. The molecule has 0 aromatic carbocycles. The number of hydrogen-bond donors (Lipinski definition) is 2. The van der Waals surface area contributed by atoms with E-state index in [2.05, 4.69) is 30.2 Å². The van der Waals surface area contributed by atoms with Gasteiger partial charge in [0.2, 0.25) is 11.8 Å². The summed E-state index contributed by atoms with van der Waals surface area (Å²) in [4.78, 5) is 7.22. The summed E-state index contributed by atoms with van der Waals surface area (Å²) in [6.07, 6.45) is -14.3. The average molecular weight is 315 g/mol. The highest BCUT2D eigenvalue weighted by Gasteiger charge is 2.59. The highest BCUT2D eigenvalue weighted by Crippen LogP contribution is 2.37. The summed E-state index contributed by atoms with van der Waals surface area (Å²) in [5.74, 6) is -1.09. The van der Waals surface area contributed by atoms with E-state index in [-0.39, 0.29) is 17.0 Å². The molecule has 2 rings (SSSR count). The highest BCUT2D eigenvalue weighted by atomic mass is 19.4. The molecule has 2 N–H and O–H groups in total. The first kappa shape index (κ1) is 15.1. The maximum Gasteiger partial charge on any atom is 0.434 e. The van der Waals surface area contributed by atoms with E-state index >= 15 is 0 Å². The smallest absolute Gasteiger partial charge is 0.434 e. The van der Waals surface area contributed by atoms with Crippen LogP contribution in [0.25, 0.3) is 11.0 Å². The van der Waals surface area contributed by atoms with Crippen molar-refractivity contribution in [2.24, 2.45) is 0 Å². The van der Waals surface area contributed by atoms with Gasteiger partial charge in [0.1, 0.15) is 5.39 Å². The van der Waals surface area contributed by atoms with E-state index in [1.54, 1.807) is 0 Å². The lowest BCUT2D eigenvalue weighted by Crippen LogP contribution is -2.46. The molecule has 12 heteroatoms. The number of aromatic amines is 1. The molecule has 0 radical (unpaired) electrons. The van der Waals surface area contributed by atoms with Crippen LogP contribution in [0.1, 0.15) is 0 Å². The number of halogens is 6. The van der Waals surface area contributed by atoms with Crippen LogP contribution in [0.15, 0.2) is 6.20 Å². The third-order valence-corrected chi connectivity index (χ3v) is 2.32. The average Bonchev–Trinajstić information content (AvgIpc) is 2.80. The van der Waals surface area contributed by atoms with Crippen LogP contribution in [0.2, 0.25) is 0 Å². The largest absolute Gasteiger partial charge is 0.454 e. The molecule has 0 saturated carbocycles. The summed E-state index contributed by atoms with van der Waals surface area (Å²) in [6, 6.07) is 0. The number of ether oxygens (including phenoxy) is 1. The Bertz CT molecular complexity index is 622. The molecule has 0 aliphatic heterocycles. The first-order chi connectivity index (χ1) is 9.63. The molecule has 2 aromatic heterocycles. The number of nitrogens with one attached hydrogen (secondary N) is 2. The van der Waals surface area contributed by atoms with Crippen LogP contribution in [-0.2, 0) is 0 Å². The number of hydrogen-bond acceptors (Lipinski definition) is 5. The van der Waals surface area contributed by atoms with E-state index in [1.807, 2.05) is 0 Å². The van der Waals surface area contributed by atoms with Gasteiger partial charge in [-0.2, -0.15) is 41.4 Å². The molecule has 21 heavy (non-hydrogen) atoms. The van der Waals surface area contributed by atoms with E-state index in [9.17, 15) is 26.3 Å². The minimum atomic E-state index is -5.64. The van der Waals surface area contributed by atoms with Crippen molar-refractivity contribution in [3.63, 3.8) is 0 Å². The van der Waals surface area contributed by atoms with Crippen molar-refractivity contribution in [2.45, 2.75) is 18.5 Å². The summed E-state index contributed by atoms with van der Waals surface area (Å²) >= 11 is 0. The van der Waals surface area contributed by atoms with Crippen LogP contribution in [-0.4, -0.2) is 45.7 Å². The molecule has 0 bridgehead atoms. The third-order valence-electron chi connectivity index (χ3n) is 2.32. The van der Waals surface area contributed by atoms with E-state index < -0.39 is 24.3 Å². The van der Waals surface area contributed by atoms with Gasteiger partial charge < -0.3 is 10.1 Å². The molecular formula is C9H7F6N5O. The maximum atomic E-state index is 12.5. The highest BCUT2D eigenvalue weighted by molar-refractivity contribution is 5.80. The molecule has 116 valence electrons. The van der Waals surface area contributed by atoms with Crippen molar-refractivity contribution in [1.29, 1.82) is 0 Å². The molecule has 0 amide bonds. The van der Waals surface area contributed by atoms with Gasteiger partial charge in [-0.3, -0.25) is 5.10 Å². The number of fused-ring (bicyclic) bond motifs is 1. The van der Waals surface area contributed by atoms with Gasteiger partial charge in [-0.25, -0.2) is 0 Å². The van der Waals surface area contributed by atoms with Gasteiger partial charge in [-0.05, 0) is 0 Å². The lowest BCUT2D eigenvalue weighted by Gasteiger charge is -2.23. The Balaban J connectivity index is 2.48. The second kappa shape index (κ2) is 4.93. The summed E-state index contributed by atoms with van der Waals surface area (Å²) < 4.78 is 79.0. The van der Waals surface area contributed by atoms with Crippen molar-refractivity contribution < 1.29 is 31.1 Å². The number of rotatable bonds is 3. The van der Waals surface area contributed by atoms with Gasteiger partial charge in [0.15, 0.2) is 5.65 Å². The molecular weight excluding hydrogens is 308 g/mol. The summed E-state index contributed by atoms with van der Waals surface area (Å²) in [7, 11) is 1.34. The second-order valence-electron chi connectivity index (χ2n) is 3.82. The maximum absolute atomic E-state index is 12.5. The Morgan fingerprint density at radius 1 is 1.14 bits per heavy atom. The normalized spacial score (nSPS) is 13.0. The SMILES string of the molecule is CNc1nc(OC(C(F)(F)F)C(F)(F)F)c2cn[nH]c2n1. The Morgan fingerprint density at radius 3 is 2.29 bits per heavy atom. The topological polar surface area (TPSA) is 75.7 Å². The van der Waals surface area contributed by atoms with Gasteiger partial charge >= 0.3 is 12.4 Å². The van der Waals surface area contributed by atoms with Crippen molar-refractivity contribution in [2.75, 3.05) is 12.4 Å². The number of anilines is 1. The van der Waals surface area contributed by atoms with Crippen molar-refractivity contribution >= 4 is 17.0 Å². The zero-order valence-corrected chi connectivity index (χ0v) is 10.2. The first-order valence-electron chi connectivity index (χ1n) is 5.32. The summed E-state index contributed by atoms with van der Waals surface area (Å²) in [5.41, 5.74) is -0.0625. The third kappa shape index (κ3) is 3.08. The molecule has 0 aliphatic rings. The van der Waals surface area contributed by atoms with Crippen molar-refractivity contribution in [1.82, 2.24) is 20.2 Å². The summed E-state index contributed by atoms with van der Waals surface area (Å²) in [5, 5.41) is 7.96. The predicted molar refractivity (Wildman–Crippen MR) is 57.8 cm³/mol. The van der Waals surface area contributed by atoms with Crippen molar-refractivity contribution in [3.05, 3.63) is 6.20 Å². The molecule has 6 nitrogen and oxygen atoms in total. The zero-order valence-electron chi connectivity index (χ0n) is 10.2. The number of aromatic nitrogens is 4. The Kier molecular flexibility index (Phi) is 3.55. The first-order valence-corrected chi connectivity index (χ1v) is 5.32. The van der Waals surface area contributed by atoms with Crippen LogP contribution in [0.5, 0.6) is 5.88 Å². The molecule has 0 fully saturated rings. The van der Waals surface area contributed by atoms with Crippen LogP contribution in [0, 0.1) is 0 Å². The fourth-order valence-electron chi connectivity index (χ4n) is 1.44. The number of H-pyrrole nitrogens is 1. The van der Waals surface area contributed by atoms with Crippen molar-refractivity contribution in [3.8, 4) is 5.88 Å². The van der Waals surface area contributed by atoms with E-state index in [0.717, 1.165) is 6.20 Å². The minimum absolute atomic E-state index is 0.0625. The Labute approximate surface area is 112 Å². The standard InChI is InChI=1S/C9H7F6N5O/c1-16-7-18-4-3(2-17-20-4)5(19-7)21-6(8(10,11)12)9(13,14)15/h2,6H,1H3,(H2,16,17,18,19,20). The zero-order chi connectivity index (χ0) is 15.8. The molecule has 0 saturated heterocycles. The fourth-order valence-corrected chi connectivity index (χ4v) is 1.44. The molecule has 2 aromatic rings. The number of alkyl halides is 6. The van der Waals surface area contributed by atoms with E-state index in [4.69, 9.17) is 0 Å². The molecule has 0 unspecified atom stereocenters. The monoisotopic (exact) mass is 315 g/mol. The molecule has 0 atom stereocenters. The molecule has 0 aliphatic carbocycles. The van der Waals surface area contributed by atoms with E-state index in [1.165, 1.54) is 7.05 Å². The van der Waals surface area contributed by atoms with Gasteiger partial charge in [0.05, 0.1) is 6.20 Å². The van der Waals surface area contributed by atoms with Crippen LogP contribution < -0.4 is 10.1 Å². The predicted octanol–water partition coefficient (Wildman–Crippen LogP) is 2.27. The lowest BCUT2D eigenvalue weighted by atomic mass is 10.3.